The molecule has 2 aliphatic rings. The van der Waals surface area contributed by atoms with Gasteiger partial charge in [-0.2, -0.15) is 0 Å². The molecule has 1 aliphatic carbocycles. The van der Waals surface area contributed by atoms with E-state index in [1.165, 1.54) is 17.7 Å². The Morgan fingerprint density at radius 3 is 2.45 bits per heavy atom. The minimum absolute atomic E-state index is 0.330. The zero-order chi connectivity index (χ0) is 14.1. The normalized spacial score (nSPS) is 19.9. The van der Waals surface area contributed by atoms with Crippen LogP contribution in [0.25, 0.3) is 0 Å². The summed E-state index contributed by atoms with van der Waals surface area (Å²) in [5.41, 5.74) is 2.59. The highest BCUT2D eigenvalue weighted by Gasteiger charge is 2.31. The smallest absolute Gasteiger partial charge is 0.225 e. The molecule has 1 aliphatic heterocycles. The summed E-state index contributed by atoms with van der Waals surface area (Å²) in [6.45, 7) is 5.77. The molecule has 4 heteroatoms. The Balaban J connectivity index is 1.61. The monoisotopic (exact) mass is 336 g/mol. The molecule has 1 amide bonds. The largest absolute Gasteiger partial charge is 0.368 e. The number of rotatable bonds is 2. The SMILES string of the molecule is Cc1cc(Br)ccc1N1CCN(C(=O)C2CCC2)CC1. The fraction of sp³-hybridized carbons (Fsp3) is 0.562. The average molecular weight is 337 g/mol. The Kier molecular flexibility index (Phi) is 4.01. The van der Waals surface area contributed by atoms with E-state index in [0.29, 0.717) is 11.8 Å². The lowest BCUT2D eigenvalue weighted by Gasteiger charge is -2.39. The molecular formula is C16H21BrN2O. The van der Waals surface area contributed by atoms with Gasteiger partial charge in [0.2, 0.25) is 5.91 Å². The van der Waals surface area contributed by atoms with E-state index in [1.54, 1.807) is 0 Å². The maximum absolute atomic E-state index is 12.2. The number of carbonyl (C=O) groups is 1. The molecule has 0 aromatic heterocycles. The van der Waals surface area contributed by atoms with Gasteiger partial charge in [0, 0.05) is 42.3 Å². The topological polar surface area (TPSA) is 23.6 Å². The standard InChI is InChI=1S/C16H21BrN2O/c1-12-11-14(17)5-6-15(12)18-7-9-19(10-8-18)16(20)13-3-2-4-13/h5-6,11,13H,2-4,7-10H2,1H3. The van der Waals surface area contributed by atoms with Crippen molar-refractivity contribution in [2.24, 2.45) is 5.92 Å². The number of amides is 1. The number of carbonyl (C=O) groups excluding carboxylic acids is 1. The van der Waals surface area contributed by atoms with Gasteiger partial charge >= 0.3 is 0 Å². The predicted molar refractivity (Wildman–Crippen MR) is 85.0 cm³/mol. The Morgan fingerprint density at radius 2 is 1.90 bits per heavy atom. The fourth-order valence-electron chi connectivity index (χ4n) is 3.05. The van der Waals surface area contributed by atoms with E-state index in [0.717, 1.165) is 43.5 Å². The van der Waals surface area contributed by atoms with Gasteiger partial charge in [0.15, 0.2) is 0 Å². The summed E-state index contributed by atoms with van der Waals surface area (Å²) >= 11 is 3.51. The van der Waals surface area contributed by atoms with Gasteiger partial charge in [-0.25, -0.2) is 0 Å². The lowest BCUT2D eigenvalue weighted by Crippen LogP contribution is -2.51. The summed E-state index contributed by atoms with van der Waals surface area (Å²) in [7, 11) is 0. The minimum atomic E-state index is 0.330. The molecule has 0 unspecified atom stereocenters. The molecule has 20 heavy (non-hydrogen) atoms. The molecule has 0 N–H and O–H groups in total. The van der Waals surface area contributed by atoms with Crippen LogP contribution in [-0.2, 0) is 4.79 Å². The van der Waals surface area contributed by atoms with Crippen molar-refractivity contribution in [2.45, 2.75) is 26.2 Å². The van der Waals surface area contributed by atoms with Crippen LogP contribution in [-0.4, -0.2) is 37.0 Å². The van der Waals surface area contributed by atoms with Crippen LogP contribution < -0.4 is 4.90 Å². The maximum Gasteiger partial charge on any atom is 0.225 e. The van der Waals surface area contributed by atoms with Gasteiger partial charge in [0.25, 0.3) is 0 Å². The number of benzene rings is 1. The van der Waals surface area contributed by atoms with E-state index >= 15 is 0 Å². The van der Waals surface area contributed by atoms with Crippen molar-refractivity contribution in [3.8, 4) is 0 Å². The third kappa shape index (κ3) is 2.71. The third-order valence-electron chi connectivity index (χ3n) is 4.55. The number of aryl methyl sites for hydroxylation is 1. The van der Waals surface area contributed by atoms with Gasteiger partial charge < -0.3 is 9.80 Å². The molecule has 1 saturated heterocycles. The van der Waals surface area contributed by atoms with E-state index in [2.05, 4.69) is 50.9 Å². The van der Waals surface area contributed by atoms with Gasteiger partial charge in [-0.05, 0) is 43.5 Å². The van der Waals surface area contributed by atoms with Crippen LogP contribution in [0, 0.1) is 12.8 Å². The van der Waals surface area contributed by atoms with Crippen LogP contribution in [0.1, 0.15) is 24.8 Å². The highest BCUT2D eigenvalue weighted by Crippen LogP contribution is 2.29. The van der Waals surface area contributed by atoms with Gasteiger partial charge in [0.1, 0.15) is 0 Å². The summed E-state index contributed by atoms with van der Waals surface area (Å²) in [6, 6.07) is 6.41. The zero-order valence-corrected chi connectivity index (χ0v) is 13.5. The second-order valence-corrected chi connectivity index (χ2v) is 6.79. The first-order valence-electron chi connectivity index (χ1n) is 7.45. The Labute approximate surface area is 129 Å². The van der Waals surface area contributed by atoms with Gasteiger partial charge in [-0.15, -0.1) is 0 Å². The highest BCUT2D eigenvalue weighted by molar-refractivity contribution is 9.10. The Hall–Kier alpha value is -1.03. The zero-order valence-electron chi connectivity index (χ0n) is 11.9. The molecule has 3 rings (SSSR count). The lowest BCUT2D eigenvalue weighted by atomic mass is 9.84. The van der Waals surface area contributed by atoms with Gasteiger partial charge in [-0.1, -0.05) is 22.4 Å². The number of nitrogens with zero attached hydrogens (tertiary/aromatic N) is 2. The second-order valence-electron chi connectivity index (χ2n) is 5.87. The maximum atomic E-state index is 12.2. The van der Waals surface area contributed by atoms with Gasteiger partial charge in [0.05, 0.1) is 0 Å². The lowest BCUT2D eigenvalue weighted by molar-refractivity contribution is -0.138. The molecule has 3 nitrogen and oxygen atoms in total. The Bertz CT molecular complexity index is 505. The molecule has 1 heterocycles. The van der Waals surface area contributed by atoms with E-state index in [9.17, 15) is 4.79 Å². The van der Waals surface area contributed by atoms with Crippen molar-refractivity contribution in [1.82, 2.24) is 4.90 Å². The first-order chi connectivity index (χ1) is 9.65. The average Bonchev–Trinajstić information content (AvgIpc) is 2.37. The van der Waals surface area contributed by atoms with Crippen molar-refractivity contribution in [3.05, 3.63) is 28.2 Å². The summed E-state index contributed by atoms with van der Waals surface area (Å²) in [5.74, 6) is 0.722. The van der Waals surface area contributed by atoms with E-state index in [4.69, 9.17) is 0 Å². The Morgan fingerprint density at radius 1 is 1.20 bits per heavy atom. The van der Waals surface area contributed by atoms with E-state index in [-0.39, 0.29) is 0 Å². The molecule has 0 spiro atoms. The molecule has 108 valence electrons. The van der Waals surface area contributed by atoms with Crippen LogP contribution in [0.15, 0.2) is 22.7 Å². The highest BCUT2D eigenvalue weighted by atomic mass is 79.9. The summed E-state index contributed by atoms with van der Waals surface area (Å²) in [6.07, 6.45) is 3.43. The van der Waals surface area contributed by atoms with Crippen LogP contribution in [0.5, 0.6) is 0 Å². The van der Waals surface area contributed by atoms with Crippen molar-refractivity contribution in [2.75, 3.05) is 31.1 Å². The van der Waals surface area contributed by atoms with E-state index in [1.807, 2.05) is 0 Å². The van der Waals surface area contributed by atoms with Crippen molar-refractivity contribution >= 4 is 27.5 Å². The van der Waals surface area contributed by atoms with Crippen molar-refractivity contribution in [1.29, 1.82) is 0 Å². The number of hydrogen-bond acceptors (Lipinski definition) is 2. The van der Waals surface area contributed by atoms with Crippen molar-refractivity contribution in [3.63, 3.8) is 0 Å². The van der Waals surface area contributed by atoms with Crippen LogP contribution in [0.3, 0.4) is 0 Å². The molecule has 2 fully saturated rings. The molecule has 0 atom stereocenters. The van der Waals surface area contributed by atoms with Crippen LogP contribution in [0.4, 0.5) is 5.69 Å². The number of hydrogen-bond donors (Lipinski definition) is 0. The first kappa shape index (κ1) is 13.9. The molecule has 1 aromatic carbocycles. The number of piperazine rings is 1. The van der Waals surface area contributed by atoms with Gasteiger partial charge in [-0.3, -0.25) is 4.79 Å². The second kappa shape index (κ2) is 5.76. The predicted octanol–water partition coefficient (Wildman–Crippen LogP) is 3.21. The molecule has 1 saturated carbocycles. The van der Waals surface area contributed by atoms with E-state index < -0.39 is 0 Å². The van der Waals surface area contributed by atoms with Crippen molar-refractivity contribution < 1.29 is 4.79 Å². The number of halogens is 1. The van der Waals surface area contributed by atoms with Crippen LogP contribution >= 0.6 is 15.9 Å². The molecular weight excluding hydrogens is 316 g/mol. The summed E-state index contributed by atoms with van der Waals surface area (Å²) in [5, 5.41) is 0. The first-order valence-corrected chi connectivity index (χ1v) is 8.24. The summed E-state index contributed by atoms with van der Waals surface area (Å²) in [4.78, 5) is 16.7. The summed E-state index contributed by atoms with van der Waals surface area (Å²) < 4.78 is 1.12. The molecule has 0 bridgehead atoms. The minimum Gasteiger partial charge on any atom is -0.368 e. The third-order valence-corrected chi connectivity index (χ3v) is 5.04. The van der Waals surface area contributed by atoms with Crippen LogP contribution in [0.2, 0.25) is 0 Å². The molecule has 1 aromatic rings. The number of anilines is 1. The quantitative estimate of drug-likeness (QED) is 0.827. The molecule has 0 radical (unpaired) electrons. The fourth-order valence-corrected chi connectivity index (χ4v) is 3.53.